The van der Waals surface area contributed by atoms with Crippen LogP contribution in [0.25, 0.3) is 0 Å². The van der Waals surface area contributed by atoms with Crippen LogP contribution in [0.1, 0.15) is 10.4 Å². The lowest BCUT2D eigenvalue weighted by Crippen LogP contribution is -1.96. The van der Waals surface area contributed by atoms with Crippen LogP contribution in [0, 0.1) is 10.1 Å². The van der Waals surface area contributed by atoms with E-state index in [9.17, 15) is 14.9 Å². The van der Waals surface area contributed by atoms with E-state index in [4.69, 9.17) is 10.2 Å². The minimum Gasteiger partial charge on any atom is -0.508 e. The number of aromatic hydroxyl groups is 1. The van der Waals surface area contributed by atoms with Crippen LogP contribution in [0.4, 0.5) is 5.69 Å². The van der Waals surface area contributed by atoms with Crippen molar-refractivity contribution in [3.8, 4) is 5.75 Å². The van der Waals surface area contributed by atoms with Crippen LogP contribution in [0.5, 0.6) is 5.75 Å². The highest BCUT2D eigenvalue weighted by Crippen LogP contribution is 2.13. The van der Waals surface area contributed by atoms with E-state index in [2.05, 4.69) is 15.9 Å². The van der Waals surface area contributed by atoms with Crippen LogP contribution in [0.15, 0.2) is 53.0 Å². The molecule has 0 aromatic heterocycles. The van der Waals surface area contributed by atoms with Gasteiger partial charge in [-0.2, -0.15) is 0 Å². The fourth-order valence-electron chi connectivity index (χ4n) is 1.17. The SMILES string of the molecule is O=C(O)c1ccc([N+](=O)[O-])cc1.Oc1ccc(Br)cc1. The van der Waals surface area contributed by atoms with Crippen molar-refractivity contribution in [2.75, 3.05) is 0 Å². The second-order valence-electron chi connectivity index (χ2n) is 3.59. The van der Waals surface area contributed by atoms with Gasteiger partial charge in [0.1, 0.15) is 5.75 Å². The molecule has 2 rings (SSSR count). The lowest BCUT2D eigenvalue weighted by atomic mass is 10.2. The van der Waals surface area contributed by atoms with Gasteiger partial charge in [-0.25, -0.2) is 4.79 Å². The number of nitro benzene ring substituents is 1. The third-order valence-electron chi connectivity index (χ3n) is 2.15. The first-order valence-electron chi connectivity index (χ1n) is 5.32. The quantitative estimate of drug-likeness (QED) is 0.644. The van der Waals surface area contributed by atoms with Crippen LogP contribution >= 0.6 is 15.9 Å². The fraction of sp³-hybridized carbons (Fsp3) is 0. The molecule has 0 atom stereocenters. The number of rotatable bonds is 2. The zero-order chi connectivity index (χ0) is 15.1. The van der Waals surface area contributed by atoms with Gasteiger partial charge in [0.05, 0.1) is 10.5 Å². The van der Waals surface area contributed by atoms with Gasteiger partial charge in [0, 0.05) is 16.6 Å². The summed E-state index contributed by atoms with van der Waals surface area (Å²) >= 11 is 3.23. The molecule has 0 aliphatic rings. The molecule has 7 heteroatoms. The Bertz CT molecular complexity index is 541. The molecule has 0 aliphatic heterocycles. The van der Waals surface area contributed by atoms with E-state index in [1.807, 2.05) is 0 Å². The summed E-state index contributed by atoms with van der Waals surface area (Å²) in [4.78, 5) is 19.9. The molecule has 0 aliphatic carbocycles. The number of hydrogen-bond acceptors (Lipinski definition) is 4. The molecule has 0 fully saturated rings. The van der Waals surface area contributed by atoms with Gasteiger partial charge in [0.2, 0.25) is 0 Å². The van der Waals surface area contributed by atoms with Crippen molar-refractivity contribution >= 4 is 27.6 Å². The summed E-state index contributed by atoms with van der Waals surface area (Å²) in [6.07, 6.45) is 0. The van der Waals surface area contributed by atoms with Gasteiger partial charge in [0.25, 0.3) is 5.69 Å². The predicted molar refractivity (Wildman–Crippen MR) is 75.9 cm³/mol. The van der Waals surface area contributed by atoms with E-state index in [-0.39, 0.29) is 11.3 Å². The van der Waals surface area contributed by atoms with Crippen LogP contribution in [0.2, 0.25) is 0 Å². The molecule has 6 nitrogen and oxygen atoms in total. The molecule has 20 heavy (non-hydrogen) atoms. The van der Waals surface area contributed by atoms with Crippen LogP contribution < -0.4 is 0 Å². The zero-order valence-electron chi connectivity index (χ0n) is 10.1. The van der Waals surface area contributed by atoms with Crippen molar-refractivity contribution in [3.05, 3.63) is 68.7 Å². The Morgan fingerprint density at radius 1 is 1.05 bits per heavy atom. The normalized spacial score (nSPS) is 9.25. The Balaban J connectivity index is 0.000000217. The maximum atomic E-state index is 10.3. The van der Waals surface area contributed by atoms with Gasteiger partial charge in [-0.15, -0.1) is 0 Å². The minimum absolute atomic E-state index is 0.0422. The van der Waals surface area contributed by atoms with Gasteiger partial charge in [-0.05, 0) is 36.4 Å². The smallest absolute Gasteiger partial charge is 0.335 e. The highest BCUT2D eigenvalue weighted by molar-refractivity contribution is 9.10. The average Bonchev–Trinajstić information content (AvgIpc) is 2.43. The molecular formula is C13H10BrNO5. The number of aromatic carboxylic acids is 1. The second-order valence-corrected chi connectivity index (χ2v) is 4.50. The maximum Gasteiger partial charge on any atom is 0.335 e. The Kier molecular flexibility index (Phi) is 5.67. The van der Waals surface area contributed by atoms with Gasteiger partial charge >= 0.3 is 5.97 Å². The van der Waals surface area contributed by atoms with Gasteiger partial charge in [-0.1, -0.05) is 15.9 Å². The molecule has 2 N–H and O–H groups in total. The van der Waals surface area contributed by atoms with Crippen LogP contribution in [-0.2, 0) is 0 Å². The molecule has 2 aromatic carbocycles. The Labute approximate surface area is 122 Å². The maximum absolute atomic E-state index is 10.3. The molecule has 0 amide bonds. The molecular weight excluding hydrogens is 330 g/mol. The Morgan fingerprint density at radius 2 is 1.55 bits per heavy atom. The van der Waals surface area contributed by atoms with E-state index in [1.165, 1.54) is 12.1 Å². The average molecular weight is 340 g/mol. The van der Waals surface area contributed by atoms with Crippen molar-refractivity contribution in [3.63, 3.8) is 0 Å². The monoisotopic (exact) mass is 339 g/mol. The number of carboxylic acid groups (broad SMARTS) is 1. The Morgan fingerprint density at radius 3 is 1.90 bits per heavy atom. The second kappa shape index (κ2) is 7.25. The largest absolute Gasteiger partial charge is 0.508 e. The third kappa shape index (κ3) is 5.07. The molecule has 0 unspecified atom stereocenters. The number of nitrogens with zero attached hydrogens (tertiary/aromatic N) is 1. The molecule has 104 valence electrons. The highest BCUT2D eigenvalue weighted by atomic mass is 79.9. The third-order valence-corrected chi connectivity index (χ3v) is 2.68. The number of non-ortho nitro benzene ring substituents is 1. The number of hydrogen-bond donors (Lipinski definition) is 2. The van der Waals surface area contributed by atoms with E-state index in [0.29, 0.717) is 5.75 Å². The van der Waals surface area contributed by atoms with Gasteiger partial charge in [-0.3, -0.25) is 10.1 Å². The molecule has 0 bridgehead atoms. The van der Waals surface area contributed by atoms with E-state index in [0.717, 1.165) is 16.6 Å². The summed E-state index contributed by atoms with van der Waals surface area (Å²) in [5, 5.41) is 27.3. The van der Waals surface area contributed by atoms with Crippen molar-refractivity contribution in [1.82, 2.24) is 0 Å². The number of benzene rings is 2. The Hall–Kier alpha value is -2.41. The molecule has 0 saturated heterocycles. The summed E-state index contributed by atoms with van der Waals surface area (Å²) in [5.74, 6) is -0.793. The molecule has 0 spiro atoms. The van der Waals surface area contributed by atoms with Crippen LogP contribution in [-0.4, -0.2) is 21.1 Å². The zero-order valence-corrected chi connectivity index (χ0v) is 11.6. The first-order valence-corrected chi connectivity index (χ1v) is 6.11. The highest BCUT2D eigenvalue weighted by Gasteiger charge is 2.06. The first kappa shape index (κ1) is 15.6. The van der Waals surface area contributed by atoms with Gasteiger partial charge in [0.15, 0.2) is 0 Å². The number of carbonyl (C=O) groups is 1. The van der Waals surface area contributed by atoms with Crippen molar-refractivity contribution < 1.29 is 19.9 Å². The first-order chi connectivity index (χ1) is 9.40. The van der Waals surface area contributed by atoms with Crippen molar-refractivity contribution in [2.45, 2.75) is 0 Å². The minimum atomic E-state index is -1.09. The van der Waals surface area contributed by atoms with Crippen LogP contribution in [0.3, 0.4) is 0 Å². The summed E-state index contributed by atoms with van der Waals surface area (Å²) in [6, 6.07) is 11.5. The standard InChI is InChI=1S/C7H5NO4.C6H5BrO/c9-7(10)5-1-3-6(4-2-5)8(11)12;7-5-1-3-6(8)4-2-5/h1-4H,(H,9,10);1-4,8H. The number of phenols is 1. The van der Waals surface area contributed by atoms with E-state index in [1.54, 1.807) is 24.3 Å². The summed E-state index contributed by atoms with van der Waals surface area (Å²) in [6.45, 7) is 0. The van der Waals surface area contributed by atoms with E-state index >= 15 is 0 Å². The van der Waals surface area contributed by atoms with Gasteiger partial charge < -0.3 is 10.2 Å². The molecule has 0 radical (unpaired) electrons. The summed E-state index contributed by atoms with van der Waals surface area (Å²) < 4.78 is 0.982. The van der Waals surface area contributed by atoms with Crippen molar-refractivity contribution in [1.29, 1.82) is 0 Å². The van der Waals surface area contributed by atoms with Crippen molar-refractivity contribution in [2.24, 2.45) is 0 Å². The summed E-state index contributed by atoms with van der Waals surface area (Å²) in [5.41, 5.74) is -0.0689. The van der Waals surface area contributed by atoms with E-state index < -0.39 is 10.9 Å². The lowest BCUT2D eigenvalue weighted by Gasteiger charge is -1.92. The number of carboxylic acids is 1. The lowest BCUT2D eigenvalue weighted by molar-refractivity contribution is -0.384. The predicted octanol–water partition coefficient (Wildman–Crippen LogP) is 3.45. The fourth-order valence-corrected chi connectivity index (χ4v) is 1.43. The number of phenolic OH excluding ortho intramolecular Hbond substituents is 1. The molecule has 0 heterocycles. The topological polar surface area (TPSA) is 101 Å². The molecule has 2 aromatic rings. The number of nitro groups is 1. The summed E-state index contributed by atoms with van der Waals surface area (Å²) in [7, 11) is 0. The molecule has 0 saturated carbocycles. The number of halogens is 1.